The van der Waals surface area contributed by atoms with Gasteiger partial charge in [0.05, 0.1) is 77.9 Å². The molecule has 0 saturated carbocycles. The molecule has 222 valence electrons. The van der Waals surface area contributed by atoms with E-state index in [4.69, 9.17) is 29.9 Å². The highest BCUT2D eigenvalue weighted by Gasteiger charge is 2.22. The molecule has 0 amide bonds. The largest absolute Gasteiger partial charge is 0.355 e. The number of fused-ring (bicyclic) bond motifs is 18. The zero-order valence-corrected chi connectivity index (χ0v) is 24.7. The molecule has 7 aromatic heterocycles. The summed E-state index contributed by atoms with van der Waals surface area (Å²) in [5, 5.41) is 0. The van der Waals surface area contributed by atoms with Crippen molar-refractivity contribution >= 4 is 89.4 Å². The third kappa shape index (κ3) is 3.83. The van der Waals surface area contributed by atoms with Crippen molar-refractivity contribution in [1.29, 1.82) is 0 Å². The van der Waals surface area contributed by atoms with Gasteiger partial charge in [0.2, 0.25) is 0 Å². The quantitative estimate of drug-likeness (QED) is 0.174. The number of aromatic amines is 2. The van der Waals surface area contributed by atoms with Crippen molar-refractivity contribution in [2.45, 2.75) is 0 Å². The molecule has 0 fully saturated rings. The molecule has 2 aromatic carbocycles. The van der Waals surface area contributed by atoms with Crippen LogP contribution in [0.3, 0.4) is 0 Å². The van der Waals surface area contributed by atoms with Gasteiger partial charge < -0.3 is 9.97 Å². The van der Waals surface area contributed by atoms with E-state index in [1.54, 1.807) is 24.8 Å². The molecule has 0 radical (unpaired) electrons. The molecule has 2 aliphatic heterocycles. The number of H-pyrrole nitrogens is 2. The Balaban J connectivity index is 1.27. The van der Waals surface area contributed by atoms with Crippen molar-refractivity contribution in [3.8, 4) is 22.8 Å². The minimum Gasteiger partial charge on any atom is -0.355 e. The van der Waals surface area contributed by atoms with Crippen LogP contribution >= 0.6 is 0 Å². The van der Waals surface area contributed by atoms with Crippen molar-refractivity contribution in [2.24, 2.45) is 0 Å². The van der Waals surface area contributed by atoms with Gasteiger partial charge in [-0.15, -0.1) is 0 Å². The third-order valence-electron chi connectivity index (χ3n) is 8.60. The summed E-state index contributed by atoms with van der Waals surface area (Å²) in [6, 6.07) is 19.6. The number of hydrogen-bond acceptors (Lipinski definition) is 10. The number of aromatic nitrogens is 12. The van der Waals surface area contributed by atoms with Crippen LogP contribution in [-0.4, -0.2) is 59.8 Å². The van der Waals surface area contributed by atoms with Gasteiger partial charge in [0.1, 0.15) is 22.4 Å². The average molecular weight is 619 g/mol. The van der Waals surface area contributed by atoms with Gasteiger partial charge in [-0.1, -0.05) is 0 Å². The predicted molar refractivity (Wildman–Crippen MR) is 184 cm³/mol. The first-order valence-electron chi connectivity index (χ1n) is 15.2. The maximum absolute atomic E-state index is 5.10. The minimum atomic E-state index is 0.644. The van der Waals surface area contributed by atoms with Gasteiger partial charge in [-0.3, -0.25) is 19.9 Å². The number of benzene rings is 2. The highest BCUT2D eigenvalue weighted by Crippen LogP contribution is 2.36. The molecular weight excluding hydrogens is 600 g/mol. The lowest BCUT2D eigenvalue weighted by Crippen LogP contribution is -1.92. The highest BCUT2D eigenvalue weighted by molar-refractivity contribution is 6.07. The Kier molecular flexibility index (Phi) is 4.84. The maximum atomic E-state index is 5.10. The maximum Gasteiger partial charge on any atom is 0.117 e. The molecule has 2 aliphatic rings. The molecular formula is C36H18N12. The van der Waals surface area contributed by atoms with Crippen LogP contribution < -0.4 is 0 Å². The monoisotopic (exact) mass is 618 g/mol. The first-order chi connectivity index (χ1) is 23.7. The molecule has 12 heteroatoms. The fraction of sp³-hybridized carbons (Fsp3) is 0. The molecule has 0 atom stereocenters. The summed E-state index contributed by atoms with van der Waals surface area (Å²) in [6.07, 6.45) is 10.7. The van der Waals surface area contributed by atoms with Crippen LogP contribution in [0.15, 0.2) is 85.5 Å². The van der Waals surface area contributed by atoms with E-state index in [-0.39, 0.29) is 0 Å². The van der Waals surface area contributed by atoms with E-state index in [9.17, 15) is 0 Å². The summed E-state index contributed by atoms with van der Waals surface area (Å²) >= 11 is 0. The lowest BCUT2D eigenvalue weighted by Gasteiger charge is -2.04. The molecule has 0 saturated heterocycles. The van der Waals surface area contributed by atoms with Crippen molar-refractivity contribution in [3.05, 3.63) is 96.8 Å². The van der Waals surface area contributed by atoms with Crippen LogP contribution in [0, 0.1) is 0 Å². The average Bonchev–Trinajstić information content (AvgIpc) is 3.89. The van der Waals surface area contributed by atoms with Crippen molar-refractivity contribution in [1.82, 2.24) is 59.8 Å². The Bertz CT molecular complexity index is 3090. The molecule has 0 aliphatic carbocycles. The first kappa shape index (κ1) is 25.2. The topological polar surface area (TPSA) is 160 Å². The zero-order chi connectivity index (χ0) is 31.3. The van der Waals surface area contributed by atoms with E-state index >= 15 is 0 Å². The van der Waals surface area contributed by atoms with Crippen LogP contribution in [0.2, 0.25) is 0 Å². The lowest BCUT2D eigenvalue weighted by molar-refractivity contribution is 1.28. The van der Waals surface area contributed by atoms with Gasteiger partial charge in [0, 0.05) is 35.8 Å². The normalized spacial score (nSPS) is 12.5. The van der Waals surface area contributed by atoms with Crippen LogP contribution in [0.4, 0.5) is 0 Å². The van der Waals surface area contributed by atoms with E-state index < -0.39 is 0 Å². The molecule has 48 heavy (non-hydrogen) atoms. The number of nitrogens with one attached hydrogen (secondary N) is 2. The van der Waals surface area contributed by atoms with Gasteiger partial charge in [0.25, 0.3) is 0 Å². The van der Waals surface area contributed by atoms with Crippen LogP contribution in [-0.2, 0) is 0 Å². The summed E-state index contributed by atoms with van der Waals surface area (Å²) in [7, 11) is 0. The predicted octanol–water partition coefficient (Wildman–Crippen LogP) is 6.75. The van der Waals surface area contributed by atoms with Gasteiger partial charge >= 0.3 is 0 Å². The molecule has 0 spiro atoms. The Morgan fingerprint density at radius 3 is 1.44 bits per heavy atom. The van der Waals surface area contributed by atoms with Crippen LogP contribution in [0.5, 0.6) is 0 Å². The Labute approximate surface area is 268 Å². The zero-order valence-electron chi connectivity index (χ0n) is 24.7. The Morgan fingerprint density at radius 2 is 0.854 bits per heavy atom. The first-order valence-corrected chi connectivity index (χ1v) is 15.2. The van der Waals surface area contributed by atoms with Crippen LogP contribution in [0.1, 0.15) is 11.4 Å². The lowest BCUT2D eigenvalue weighted by atomic mass is 10.2. The molecule has 9 heterocycles. The minimum absolute atomic E-state index is 0.644. The van der Waals surface area contributed by atoms with Gasteiger partial charge in [-0.25, -0.2) is 29.9 Å². The van der Waals surface area contributed by atoms with Crippen molar-refractivity contribution in [2.75, 3.05) is 0 Å². The van der Waals surface area contributed by atoms with Crippen LogP contribution in [0.25, 0.3) is 112 Å². The second-order valence-corrected chi connectivity index (χ2v) is 11.7. The number of hydrogen-bond donors (Lipinski definition) is 2. The third-order valence-corrected chi connectivity index (χ3v) is 8.60. The van der Waals surface area contributed by atoms with Gasteiger partial charge in [-0.05, 0) is 72.8 Å². The smallest absolute Gasteiger partial charge is 0.117 e. The molecule has 9 aromatic rings. The van der Waals surface area contributed by atoms with Crippen molar-refractivity contribution in [3.63, 3.8) is 0 Å². The fourth-order valence-electron chi connectivity index (χ4n) is 6.42. The van der Waals surface area contributed by atoms with E-state index in [0.717, 1.165) is 61.0 Å². The van der Waals surface area contributed by atoms with E-state index in [1.807, 2.05) is 72.8 Å². The second kappa shape index (κ2) is 9.23. The summed E-state index contributed by atoms with van der Waals surface area (Å²) < 4.78 is 0. The van der Waals surface area contributed by atoms with Gasteiger partial charge in [0.15, 0.2) is 0 Å². The molecule has 2 N–H and O–H groups in total. The molecule has 11 rings (SSSR count). The Morgan fingerprint density at radius 1 is 0.375 bits per heavy atom. The van der Waals surface area contributed by atoms with E-state index in [2.05, 4.69) is 29.9 Å². The summed E-state index contributed by atoms with van der Waals surface area (Å²) in [6.45, 7) is 0. The van der Waals surface area contributed by atoms with Gasteiger partial charge in [-0.2, -0.15) is 0 Å². The Hall–Kier alpha value is -7.08. The SMILES string of the molecule is C1=Cc2cc3[nH]c(cc4nc(cc5ccc(cc1n2)[nH]5)-c1nc2cc5nccnc5cc2nc1-4)c1nc2cc4nccnc4cc2nc31. The molecule has 0 unspecified atom stereocenters. The van der Waals surface area contributed by atoms with E-state index in [1.165, 1.54) is 0 Å². The fourth-order valence-corrected chi connectivity index (χ4v) is 6.42. The summed E-state index contributed by atoms with van der Waals surface area (Å²) in [5.74, 6) is 0. The molecule has 12 nitrogen and oxygen atoms in total. The van der Waals surface area contributed by atoms with E-state index in [0.29, 0.717) is 50.4 Å². The summed E-state index contributed by atoms with van der Waals surface area (Å²) in [4.78, 5) is 55.2. The van der Waals surface area contributed by atoms with Crippen molar-refractivity contribution < 1.29 is 0 Å². The number of rotatable bonds is 0. The highest BCUT2D eigenvalue weighted by atomic mass is 14.9. The second-order valence-electron chi connectivity index (χ2n) is 11.7. The summed E-state index contributed by atoms with van der Waals surface area (Å²) in [5.41, 5.74) is 14.8. The standard InChI is InChI=1S/C36H18N12/c1-3-19-10-29-33-35(47-27-14-23-21(12-25(27)45-33)37-5-7-39-23)31(43-29)16-32-36-34(30(44-32)11-20-4-2-18(42-20)9-17(1)41-19)46-26-13-22-24(15-28(26)48-36)40-8-6-38-22/h1-16,41,44H. The molecule has 8 bridgehead atoms. The number of nitrogens with zero attached hydrogens (tertiary/aromatic N) is 10.